The van der Waals surface area contributed by atoms with Gasteiger partial charge in [0.05, 0.1) is 12.8 Å². The van der Waals surface area contributed by atoms with Gasteiger partial charge < -0.3 is 10.5 Å². The number of aliphatic imine (C=N–C) groups is 1. The van der Waals surface area contributed by atoms with Crippen molar-refractivity contribution in [1.82, 2.24) is 0 Å². The quantitative estimate of drug-likeness (QED) is 0.556. The van der Waals surface area contributed by atoms with Crippen LogP contribution in [-0.4, -0.2) is 12.8 Å². The zero-order valence-electron chi connectivity index (χ0n) is 11.0. The summed E-state index contributed by atoms with van der Waals surface area (Å²) in [6.45, 7) is 11.0. The lowest BCUT2D eigenvalue weighted by Crippen LogP contribution is -2.03. The van der Waals surface area contributed by atoms with Crippen LogP contribution in [0.25, 0.3) is 0 Å². The zero-order valence-corrected chi connectivity index (χ0v) is 11.0. The van der Waals surface area contributed by atoms with Crippen LogP contribution in [0.3, 0.4) is 0 Å². The summed E-state index contributed by atoms with van der Waals surface area (Å²) in [5.74, 6) is 1.76. The van der Waals surface area contributed by atoms with E-state index in [9.17, 15) is 0 Å². The third-order valence-corrected chi connectivity index (χ3v) is 1.56. The van der Waals surface area contributed by atoms with Crippen LogP contribution in [0.2, 0.25) is 0 Å². The molecule has 0 fully saturated rings. The Morgan fingerprint density at radius 3 is 2.38 bits per heavy atom. The second-order valence-corrected chi connectivity index (χ2v) is 4.67. The SMILES string of the molecule is C/C(N)=C/N=C\C(=C/C(C)C)OCC(C)C. The van der Waals surface area contributed by atoms with Crippen molar-refractivity contribution in [1.29, 1.82) is 0 Å². The zero-order chi connectivity index (χ0) is 12.6. The van der Waals surface area contributed by atoms with E-state index in [4.69, 9.17) is 10.5 Å². The molecule has 0 aliphatic heterocycles. The summed E-state index contributed by atoms with van der Waals surface area (Å²) in [5.41, 5.74) is 6.17. The lowest BCUT2D eigenvalue weighted by atomic mass is 10.2. The summed E-state index contributed by atoms with van der Waals surface area (Å²) < 4.78 is 5.64. The van der Waals surface area contributed by atoms with Gasteiger partial charge >= 0.3 is 0 Å². The van der Waals surface area contributed by atoms with E-state index in [-0.39, 0.29) is 0 Å². The second kappa shape index (κ2) is 7.97. The first kappa shape index (κ1) is 14.8. The molecule has 0 aromatic heterocycles. The molecule has 0 saturated carbocycles. The Morgan fingerprint density at radius 2 is 1.94 bits per heavy atom. The highest BCUT2D eigenvalue weighted by Crippen LogP contribution is 2.05. The van der Waals surface area contributed by atoms with E-state index in [1.165, 1.54) is 0 Å². The van der Waals surface area contributed by atoms with Crippen LogP contribution in [0.15, 0.2) is 28.7 Å². The van der Waals surface area contributed by atoms with Crippen LogP contribution in [0, 0.1) is 11.8 Å². The van der Waals surface area contributed by atoms with E-state index in [2.05, 4.69) is 32.7 Å². The van der Waals surface area contributed by atoms with Gasteiger partial charge in [0, 0.05) is 11.9 Å². The van der Waals surface area contributed by atoms with Crippen molar-refractivity contribution in [2.45, 2.75) is 34.6 Å². The topological polar surface area (TPSA) is 47.6 Å². The Morgan fingerprint density at radius 1 is 1.31 bits per heavy atom. The Bertz CT molecular complexity index is 272. The standard InChI is InChI=1S/C13H24N2O/c1-10(2)6-13(16-9-11(3)4)8-15-7-12(5)14/h6-8,10-11H,9,14H2,1-5H3/b12-7-,13-6+,15-8-. The Hall–Kier alpha value is -1.25. The summed E-state index contributed by atoms with van der Waals surface area (Å²) in [5, 5.41) is 0. The van der Waals surface area contributed by atoms with Crippen molar-refractivity contribution in [2.24, 2.45) is 22.6 Å². The number of hydrogen-bond acceptors (Lipinski definition) is 3. The average molecular weight is 224 g/mol. The molecule has 0 spiro atoms. The Labute approximate surface area is 99.1 Å². The largest absolute Gasteiger partial charge is 0.492 e. The molecule has 92 valence electrons. The van der Waals surface area contributed by atoms with Gasteiger partial charge in [-0.05, 0) is 24.8 Å². The first-order valence-corrected chi connectivity index (χ1v) is 5.71. The molecule has 0 saturated heterocycles. The normalized spacial score (nSPS) is 14.2. The van der Waals surface area contributed by atoms with E-state index < -0.39 is 0 Å². The number of nitrogens with zero attached hydrogens (tertiary/aromatic N) is 1. The van der Waals surface area contributed by atoms with E-state index in [1.54, 1.807) is 19.3 Å². The van der Waals surface area contributed by atoms with Crippen molar-refractivity contribution >= 4 is 6.21 Å². The third kappa shape index (κ3) is 9.31. The first-order chi connectivity index (χ1) is 7.41. The minimum atomic E-state index is 0.441. The fraction of sp³-hybridized carbons (Fsp3) is 0.615. The lowest BCUT2D eigenvalue weighted by Gasteiger charge is -2.09. The third-order valence-electron chi connectivity index (χ3n) is 1.56. The highest BCUT2D eigenvalue weighted by atomic mass is 16.5. The van der Waals surface area contributed by atoms with Gasteiger partial charge in [0.25, 0.3) is 0 Å². The molecule has 0 unspecified atom stereocenters. The lowest BCUT2D eigenvalue weighted by molar-refractivity contribution is 0.195. The Balaban J connectivity index is 4.44. The van der Waals surface area contributed by atoms with Gasteiger partial charge in [-0.15, -0.1) is 0 Å². The van der Waals surface area contributed by atoms with Gasteiger partial charge in [0.15, 0.2) is 0 Å². The summed E-state index contributed by atoms with van der Waals surface area (Å²) in [6.07, 6.45) is 5.37. The summed E-state index contributed by atoms with van der Waals surface area (Å²) in [6, 6.07) is 0. The minimum Gasteiger partial charge on any atom is -0.492 e. The second-order valence-electron chi connectivity index (χ2n) is 4.67. The highest BCUT2D eigenvalue weighted by Gasteiger charge is 1.99. The van der Waals surface area contributed by atoms with E-state index in [0.717, 1.165) is 5.76 Å². The van der Waals surface area contributed by atoms with E-state index >= 15 is 0 Å². The van der Waals surface area contributed by atoms with Gasteiger partial charge in [0.1, 0.15) is 5.76 Å². The average Bonchev–Trinajstić information content (AvgIpc) is 2.12. The molecule has 0 amide bonds. The van der Waals surface area contributed by atoms with Gasteiger partial charge in [-0.1, -0.05) is 27.7 Å². The van der Waals surface area contributed by atoms with Gasteiger partial charge in [-0.3, -0.25) is 4.99 Å². The van der Waals surface area contributed by atoms with Gasteiger partial charge in [-0.2, -0.15) is 0 Å². The number of ether oxygens (including phenoxy) is 1. The first-order valence-electron chi connectivity index (χ1n) is 5.71. The maximum atomic E-state index is 5.64. The molecule has 0 aromatic rings. The van der Waals surface area contributed by atoms with Crippen LogP contribution in [-0.2, 0) is 4.74 Å². The highest BCUT2D eigenvalue weighted by molar-refractivity contribution is 5.76. The molecule has 0 rings (SSSR count). The van der Waals surface area contributed by atoms with Crippen LogP contribution in [0.5, 0.6) is 0 Å². The summed E-state index contributed by atoms with van der Waals surface area (Å²) >= 11 is 0. The molecule has 3 nitrogen and oxygen atoms in total. The van der Waals surface area contributed by atoms with Crippen molar-refractivity contribution in [3.8, 4) is 0 Å². The molecule has 2 N–H and O–H groups in total. The summed E-state index contributed by atoms with van der Waals surface area (Å²) in [4.78, 5) is 4.10. The molecule has 0 bridgehead atoms. The molecule has 0 aromatic carbocycles. The molecule has 3 heteroatoms. The molecular weight excluding hydrogens is 200 g/mol. The van der Waals surface area contributed by atoms with Crippen molar-refractivity contribution in [3.05, 3.63) is 23.7 Å². The predicted molar refractivity (Wildman–Crippen MR) is 70.1 cm³/mol. The smallest absolute Gasteiger partial charge is 0.133 e. The van der Waals surface area contributed by atoms with Crippen molar-refractivity contribution < 1.29 is 4.74 Å². The number of hydrogen-bond donors (Lipinski definition) is 1. The number of nitrogens with two attached hydrogens (primary N) is 1. The molecule has 0 radical (unpaired) electrons. The predicted octanol–water partition coefficient (Wildman–Crippen LogP) is 3.09. The van der Waals surface area contributed by atoms with E-state index in [1.807, 2.05) is 6.08 Å². The molecule has 0 aliphatic rings. The van der Waals surface area contributed by atoms with Crippen molar-refractivity contribution in [2.75, 3.05) is 6.61 Å². The molecule has 0 atom stereocenters. The number of allylic oxidation sites excluding steroid dienone is 3. The van der Waals surface area contributed by atoms with Crippen LogP contribution >= 0.6 is 0 Å². The van der Waals surface area contributed by atoms with Crippen LogP contribution < -0.4 is 5.73 Å². The fourth-order valence-corrected chi connectivity index (χ4v) is 0.948. The minimum absolute atomic E-state index is 0.441. The maximum Gasteiger partial charge on any atom is 0.133 e. The summed E-state index contributed by atoms with van der Waals surface area (Å²) in [7, 11) is 0. The number of rotatable bonds is 6. The van der Waals surface area contributed by atoms with Crippen LogP contribution in [0.4, 0.5) is 0 Å². The monoisotopic (exact) mass is 224 g/mol. The molecule has 0 aliphatic carbocycles. The molecule has 16 heavy (non-hydrogen) atoms. The molecule has 0 heterocycles. The van der Waals surface area contributed by atoms with Crippen LogP contribution in [0.1, 0.15) is 34.6 Å². The fourth-order valence-electron chi connectivity index (χ4n) is 0.948. The van der Waals surface area contributed by atoms with Gasteiger partial charge in [-0.25, -0.2) is 0 Å². The van der Waals surface area contributed by atoms with Crippen molar-refractivity contribution in [3.63, 3.8) is 0 Å². The Kier molecular flexibility index (Phi) is 7.34. The maximum absolute atomic E-state index is 5.64. The molecular formula is C13H24N2O. The van der Waals surface area contributed by atoms with E-state index in [0.29, 0.717) is 24.1 Å². The van der Waals surface area contributed by atoms with Gasteiger partial charge in [0.2, 0.25) is 0 Å².